The molecule has 0 radical (unpaired) electrons. The summed E-state index contributed by atoms with van der Waals surface area (Å²) in [4.78, 5) is 51.9. The van der Waals surface area contributed by atoms with E-state index in [-0.39, 0.29) is 47.0 Å². The van der Waals surface area contributed by atoms with Crippen LogP contribution in [0.2, 0.25) is 5.02 Å². The summed E-state index contributed by atoms with van der Waals surface area (Å²) in [6.07, 6.45) is 0. The third-order valence-electron chi connectivity index (χ3n) is 4.21. The van der Waals surface area contributed by atoms with Crippen LogP contribution in [-0.2, 0) is 6.54 Å². The highest BCUT2D eigenvalue weighted by atomic mass is 35.5. The molecule has 1 aromatic carbocycles. The highest BCUT2D eigenvalue weighted by Gasteiger charge is 2.27. The number of aromatic amines is 1. The van der Waals surface area contributed by atoms with Gasteiger partial charge >= 0.3 is 5.69 Å². The maximum absolute atomic E-state index is 13.3. The van der Waals surface area contributed by atoms with Crippen LogP contribution in [0.1, 0.15) is 38.1 Å². The van der Waals surface area contributed by atoms with E-state index in [1.165, 1.54) is 16.7 Å². The molecule has 1 heterocycles. The van der Waals surface area contributed by atoms with Gasteiger partial charge in [0.15, 0.2) is 5.69 Å². The van der Waals surface area contributed by atoms with Gasteiger partial charge in [-0.25, -0.2) is 4.79 Å². The number of amides is 1. The van der Waals surface area contributed by atoms with Crippen molar-refractivity contribution >= 4 is 34.7 Å². The van der Waals surface area contributed by atoms with E-state index >= 15 is 0 Å². The maximum atomic E-state index is 13.3. The number of H-pyrrole nitrogens is 1. The van der Waals surface area contributed by atoms with Crippen molar-refractivity contribution in [2.75, 3.05) is 17.2 Å². The molecule has 1 amide bonds. The summed E-state index contributed by atoms with van der Waals surface area (Å²) in [5.74, 6) is -0.831. The molecule has 0 aliphatic heterocycles. The number of nitro benzene ring substituents is 1. The number of nitrogens with zero attached hydrogens (tertiary/aromatic N) is 3. The minimum atomic E-state index is -0.810. The van der Waals surface area contributed by atoms with Crippen molar-refractivity contribution in [3.63, 3.8) is 0 Å². The van der Waals surface area contributed by atoms with Gasteiger partial charge in [0.1, 0.15) is 10.8 Å². The molecule has 0 aliphatic rings. The van der Waals surface area contributed by atoms with E-state index in [0.717, 1.165) is 11.0 Å². The monoisotopic (exact) mass is 437 g/mol. The van der Waals surface area contributed by atoms with Crippen LogP contribution in [0.4, 0.5) is 17.2 Å². The lowest BCUT2D eigenvalue weighted by Crippen LogP contribution is -2.43. The first-order valence-electron chi connectivity index (χ1n) is 9.32. The summed E-state index contributed by atoms with van der Waals surface area (Å²) in [5, 5.41) is 11.1. The fraction of sp³-hybridized carbons (Fsp3) is 0.421. The Balaban J connectivity index is 2.68. The Bertz CT molecular complexity index is 1090. The summed E-state index contributed by atoms with van der Waals surface area (Å²) in [7, 11) is 0. The zero-order valence-electron chi connectivity index (χ0n) is 17.1. The van der Waals surface area contributed by atoms with Crippen molar-refractivity contribution in [1.29, 1.82) is 0 Å². The number of aromatic nitrogens is 2. The zero-order chi connectivity index (χ0) is 22.7. The lowest BCUT2D eigenvalue weighted by Gasteiger charge is -2.26. The van der Waals surface area contributed by atoms with Gasteiger partial charge in [0.05, 0.1) is 4.92 Å². The van der Waals surface area contributed by atoms with Crippen LogP contribution in [-0.4, -0.2) is 26.9 Å². The van der Waals surface area contributed by atoms with E-state index in [1.54, 1.807) is 0 Å². The molecular formula is C19H24ClN5O5. The molecule has 0 saturated heterocycles. The number of halogens is 1. The Morgan fingerprint density at radius 1 is 1.27 bits per heavy atom. The molecule has 3 N–H and O–H groups in total. The Morgan fingerprint density at radius 3 is 2.43 bits per heavy atom. The normalized spacial score (nSPS) is 11.2. The first-order chi connectivity index (χ1) is 13.9. The molecule has 11 heteroatoms. The largest absolute Gasteiger partial charge is 0.383 e. The number of nitro groups is 1. The van der Waals surface area contributed by atoms with Crippen molar-refractivity contribution in [3.05, 3.63) is 59.7 Å². The first kappa shape index (κ1) is 23.1. The predicted octanol–water partition coefficient (Wildman–Crippen LogP) is 2.64. The fourth-order valence-corrected chi connectivity index (χ4v) is 3.15. The van der Waals surface area contributed by atoms with Crippen LogP contribution in [0.25, 0.3) is 0 Å². The topological polar surface area (TPSA) is 144 Å². The van der Waals surface area contributed by atoms with Crippen molar-refractivity contribution < 1.29 is 9.72 Å². The second-order valence-electron chi connectivity index (χ2n) is 7.73. The summed E-state index contributed by atoms with van der Waals surface area (Å²) in [5.41, 5.74) is 4.02. The van der Waals surface area contributed by atoms with Gasteiger partial charge in [-0.05, 0) is 24.0 Å². The van der Waals surface area contributed by atoms with Gasteiger partial charge < -0.3 is 10.6 Å². The molecule has 0 aliphatic carbocycles. The highest BCUT2D eigenvalue weighted by molar-refractivity contribution is 6.32. The van der Waals surface area contributed by atoms with Gasteiger partial charge in [-0.2, -0.15) is 0 Å². The Labute approximate surface area is 177 Å². The zero-order valence-corrected chi connectivity index (χ0v) is 17.9. The van der Waals surface area contributed by atoms with Crippen molar-refractivity contribution in [3.8, 4) is 0 Å². The summed E-state index contributed by atoms with van der Waals surface area (Å²) in [6.45, 7) is 7.76. The molecule has 0 bridgehead atoms. The van der Waals surface area contributed by atoms with Crippen molar-refractivity contribution in [1.82, 2.24) is 9.55 Å². The molecule has 2 rings (SSSR count). The number of benzene rings is 1. The third kappa shape index (κ3) is 4.88. The molecule has 0 unspecified atom stereocenters. The number of nitrogens with one attached hydrogen (secondary N) is 1. The minimum Gasteiger partial charge on any atom is -0.383 e. The Hall–Kier alpha value is -3.14. The van der Waals surface area contributed by atoms with Crippen LogP contribution in [0.15, 0.2) is 27.8 Å². The lowest BCUT2D eigenvalue weighted by molar-refractivity contribution is -0.384. The van der Waals surface area contributed by atoms with Gasteiger partial charge in [-0.1, -0.05) is 39.3 Å². The molecule has 0 fully saturated rings. The van der Waals surface area contributed by atoms with Crippen LogP contribution in [0.3, 0.4) is 0 Å². The third-order valence-corrected chi connectivity index (χ3v) is 4.53. The first-order valence-corrected chi connectivity index (χ1v) is 9.70. The average molecular weight is 438 g/mol. The number of carbonyl (C=O) groups excluding carboxylic acids is 1. The number of anilines is 2. The Morgan fingerprint density at radius 2 is 1.90 bits per heavy atom. The molecule has 30 heavy (non-hydrogen) atoms. The fourth-order valence-electron chi connectivity index (χ4n) is 2.97. The van der Waals surface area contributed by atoms with Crippen molar-refractivity contribution in [2.45, 2.75) is 34.2 Å². The molecular weight excluding hydrogens is 414 g/mol. The molecule has 162 valence electrons. The molecule has 1 aromatic heterocycles. The van der Waals surface area contributed by atoms with Crippen LogP contribution < -0.4 is 21.9 Å². The lowest BCUT2D eigenvalue weighted by atomic mass is 10.1. The summed E-state index contributed by atoms with van der Waals surface area (Å²) in [6, 6.07) is 3.62. The van der Waals surface area contributed by atoms with Gasteiger partial charge in [0.25, 0.3) is 17.2 Å². The van der Waals surface area contributed by atoms with Crippen LogP contribution in [0.5, 0.6) is 0 Å². The molecule has 0 spiro atoms. The second-order valence-corrected chi connectivity index (χ2v) is 8.14. The van der Waals surface area contributed by atoms with E-state index in [4.69, 9.17) is 17.3 Å². The molecule has 2 aromatic rings. The van der Waals surface area contributed by atoms with E-state index in [9.17, 15) is 24.5 Å². The molecule has 10 nitrogen and oxygen atoms in total. The second kappa shape index (κ2) is 9.12. The van der Waals surface area contributed by atoms with Crippen LogP contribution in [0, 0.1) is 22.0 Å². The van der Waals surface area contributed by atoms with Crippen molar-refractivity contribution in [2.24, 2.45) is 11.8 Å². The number of hydrogen-bond donors (Lipinski definition) is 2. The number of carbonyl (C=O) groups is 1. The molecule has 0 saturated carbocycles. The minimum absolute atomic E-state index is 0.0350. The standard InChI is InChI=1S/C19H24ClN5O5/c1-10(2)8-23(18(27)12-5-6-13(20)14(7-12)25(29)30)15-16(21)24(9-11(3)4)19(28)22-17(15)26/h5-7,10-11H,8-9,21H2,1-4H3,(H,22,26,28). The van der Waals surface area contributed by atoms with Crippen LogP contribution >= 0.6 is 11.6 Å². The van der Waals surface area contributed by atoms with Gasteiger partial charge in [0, 0.05) is 24.7 Å². The number of nitrogen functional groups attached to an aromatic ring is 1. The smallest absolute Gasteiger partial charge is 0.330 e. The van der Waals surface area contributed by atoms with Gasteiger partial charge in [-0.3, -0.25) is 29.3 Å². The average Bonchev–Trinajstić information content (AvgIpc) is 2.63. The number of hydrogen-bond acceptors (Lipinski definition) is 6. The molecule has 0 atom stereocenters. The summed E-state index contributed by atoms with van der Waals surface area (Å²) < 4.78 is 1.20. The number of nitrogens with two attached hydrogens (primary N) is 1. The van der Waals surface area contributed by atoms with Gasteiger partial charge in [0.2, 0.25) is 0 Å². The summed E-state index contributed by atoms with van der Waals surface area (Å²) >= 11 is 5.83. The SMILES string of the molecule is CC(C)CN(C(=O)c1ccc(Cl)c([N+](=O)[O-])c1)c1c(N)n(CC(C)C)c(=O)[nH]c1=O. The van der Waals surface area contributed by atoms with E-state index in [1.807, 2.05) is 27.7 Å². The predicted molar refractivity (Wildman–Crippen MR) is 115 cm³/mol. The van der Waals surface area contributed by atoms with E-state index < -0.39 is 27.8 Å². The maximum Gasteiger partial charge on any atom is 0.330 e. The highest BCUT2D eigenvalue weighted by Crippen LogP contribution is 2.27. The quantitative estimate of drug-likeness (QED) is 0.503. The number of rotatable bonds is 7. The van der Waals surface area contributed by atoms with Gasteiger partial charge in [-0.15, -0.1) is 0 Å². The van der Waals surface area contributed by atoms with E-state index in [2.05, 4.69) is 4.98 Å². The van der Waals surface area contributed by atoms with E-state index in [0.29, 0.717) is 0 Å². The Kier molecular flexibility index (Phi) is 7.04.